The predicted molar refractivity (Wildman–Crippen MR) is 171 cm³/mol. The molecule has 0 radical (unpaired) electrons. The highest BCUT2D eigenvalue weighted by atomic mass is 79.9. The molecule has 0 bridgehead atoms. The number of hydrogen-bond acceptors (Lipinski definition) is 7. The van der Waals surface area contributed by atoms with Crippen LogP contribution in [0.2, 0.25) is 0 Å². The van der Waals surface area contributed by atoms with Gasteiger partial charge in [-0.2, -0.15) is 4.31 Å². The van der Waals surface area contributed by atoms with E-state index in [2.05, 4.69) is 31.0 Å². The van der Waals surface area contributed by atoms with E-state index in [0.29, 0.717) is 56.4 Å². The van der Waals surface area contributed by atoms with Crippen LogP contribution >= 0.6 is 15.9 Å². The van der Waals surface area contributed by atoms with Crippen LogP contribution in [0.15, 0.2) is 88.2 Å². The maximum absolute atomic E-state index is 13.4. The number of aromatic nitrogens is 2. The molecule has 3 heterocycles. The minimum atomic E-state index is -3.98. The van der Waals surface area contributed by atoms with Crippen LogP contribution in [0.1, 0.15) is 18.5 Å². The van der Waals surface area contributed by atoms with Gasteiger partial charge >= 0.3 is 0 Å². The Bertz CT molecular complexity index is 1770. The minimum Gasteiger partial charge on any atom is -0.368 e. The molecule has 1 amide bonds. The lowest BCUT2D eigenvalue weighted by Crippen LogP contribution is -2.47. The van der Waals surface area contributed by atoms with Gasteiger partial charge in [0.15, 0.2) is 0 Å². The fraction of sp³-hybridized carbons (Fsp3) is 0.281. The third kappa shape index (κ3) is 7.00. The Balaban J connectivity index is 1.19. The van der Waals surface area contributed by atoms with E-state index in [9.17, 15) is 22.0 Å². The number of carbonyl (C=O) groups is 1. The smallest absolute Gasteiger partial charge is 0.243 e. The van der Waals surface area contributed by atoms with Gasteiger partial charge in [0.05, 0.1) is 22.8 Å². The van der Waals surface area contributed by atoms with E-state index >= 15 is 0 Å². The number of anilines is 2. The van der Waals surface area contributed by atoms with Crippen molar-refractivity contribution in [3.8, 4) is 11.3 Å². The van der Waals surface area contributed by atoms with E-state index < -0.39 is 27.8 Å². The third-order valence-electron chi connectivity index (χ3n) is 8.03. The summed E-state index contributed by atoms with van der Waals surface area (Å²) in [5.41, 5.74) is 3.11. The van der Waals surface area contributed by atoms with Crippen LogP contribution in [0.25, 0.3) is 11.3 Å². The topological polar surface area (TPSA) is 98.7 Å². The van der Waals surface area contributed by atoms with Crippen molar-refractivity contribution in [3.05, 3.63) is 101 Å². The number of sulfonamides is 1. The summed E-state index contributed by atoms with van der Waals surface area (Å²) >= 11 is 3.47. The molecule has 2 saturated heterocycles. The normalized spacial score (nSPS) is 17.4. The number of amides is 1. The summed E-state index contributed by atoms with van der Waals surface area (Å²) in [6.07, 6.45) is 0.914. The summed E-state index contributed by atoms with van der Waals surface area (Å²) < 4.78 is 55.5. The number of piperazine rings is 1. The Kier molecular flexibility index (Phi) is 9.11. The van der Waals surface area contributed by atoms with E-state index in [1.54, 1.807) is 12.1 Å². The summed E-state index contributed by atoms with van der Waals surface area (Å²) in [4.78, 5) is 27.2. The van der Waals surface area contributed by atoms with Gasteiger partial charge in [0.25, 0.3) is 0 Å². The molecule has 2 fully saturated rings. The van der Waals surface area contributed by atoms with Crippen molar-refractivity contribution >= 4 is 43.5 Å². The van der Waals surface area contributed by atoms with E-state index in [1.165, 1.54) is 28.6 Å². The fourth-order valence-electron chi connectivity index (χ4n) is 5.63. The molecule has 9 nitrogen and oxygen atoms in total. The first-order valence-electron chi connectivity index (χ1n) is 14.6. The van der Waals surface area contributed by atoms with Crippen molar-refractivity contribution in [1.82, 2.24) is 19.6 Å². The molecule has 2 aliphatic rings. The molecule has 0 spiro atoms. The van der Waals surface area contributed by atoms with Gasteiger partial charge in [-0.3, -0.25) is 4.79 Å². The molecule has 45 heavy (non-hydrogen) atoms. The number of benzene rings is 3. The molecule has 0 aliphatic carbocycles. The van der Waals surface area contributed by atoms with Crippen molar-refractivity contribution in [2.45, 2.75) is 30.3 Å². The molecule has 6 rings (SSSR count). The summed E-state index contributed by atoms with van der Waals surface area (Å²) in [7, 11) is -3.98. The Morgan fingerprint density at radius 1 is 0.844 bits per heavy atom. The molecule has 234 valence electrons. The molecular weight excluding hydrogens is 666 g/mol. The predicted octanol–water partition coefficient (Wildman–Crippen LogP) is 4.98. The average molecular weight is 698 g/mol. The SMILES string of the molecule is O=C(NCc1cc(-c2ccc(Br)cc2)nc(N2CCN(c3ccc(F)cc3)CC2)n1)C1CCCN1S(=O)(=O)c1ccc(F)cc1. The highest BCUT2D eigenvalue weighted by molar-refractivity contribution is 9.10. The lowest BCUT2D eigenvalue weighted by atomic mass is 10.1. The summed E-state index contributed by atoms with van der Waals surface area (Å²) in [6, 6.07) is 19.7. The van der Waals surface area contributed by atoms with Crippen LogP contribution in [0.4, 0.5) is 20.4 Å². The molecule has 4 aromatic rings. The van der Waals surface area contributed by atoms with Gasteiger partial charge in [0.2, 0.25) is 21.9 Å². The maximum atomic E-state index is 13.4. The number of nitrogens with zero attached hydrogens (tertiary/aromatic N) is 5. The van der Waals surface area contributed by atoms with Crippen molar-refractivity contribution in [3.63, 3.8) is 0 Å². The van der Waals surface area contributed by atoms with E-state index in [-0.39, 0.29) is 23.8 Å². The van der Waals surface area contributed by atoms with Crippen LogP contribution < -0.4 is 15.1 Å². The molecule has 1 unspecified atom stereocenters. The Morgan fingerprint density at radius 3 is 2.13 bits per heavy atom. The van der Waals surface area contributed by atoms with Crippen molar-refractivity contribution in [2.75, 3.05) is 42.5 Å². The Hall–Kier alpha value is -3.94. The second-order valence-corrected chi connectivity index (χ2v) is 13.8. The van der Waals surface area contributed by atoms with Gasteiger partial charge in [-0.15, -0.1) is 0 Å². The maximum Gasteiger partial charge on any atom is 0.243 e. The monoisotopic (exact) mass is 696 g/mol. The largest absolute Gasteiger partial charge is 0.368 e. The van der Waals surface area contributed by atoms with Crippen LogP contribution in [-0.2, 0) is 21.4 Å². The minimum absolute atomic E-state index is 0.0530. The lowest BCUT2D eigenvalue weighted by Gasteiger charge is -2.36. The number of carbonyl (C=O) groups excluding carboxylic acids is 1. The van der Waals surface area contributed by atoms with Gasteiger partial charge in [-0.1, -0.05) is 28.1 Å². The standard InChI is InChI=1S/C32H31BrF2N6O3S/c33-23-5-3-22(4-6-23)29-20-26(37-32(38-29)40-18-16-39(17-19-40)27-11-7-24(34)8-12-27)21-36-31(42)30-2-1-15-41(30)45(43,44)28-13-9-25(35)10-14-28/h3-14,20,30H,1-2,15-19,21H2,(H,36,42). The zero-order valence-corrected chi connectivity index (χ0v) is 26.6. The van der Waals surface area contributed by atoms with Gasteiger partial charge in [0.1, 0.15) is 17.7 Å². The zero-order chi connectivity index (χ0) is 31.6. The van der Waals surface area contributed by atoms with Crippen LogP contribution in [0, 0.1) is 11.6 Å². The number of hydrogen-bond donors (Lipinski definition) is 1. The summed E-state index contributed by atoms with van der Waals surface area (Å²) in [5, 5.41) is 2.89. The zero-order valence-electron chi connectivity index (χ0n) is 24.2. The van der Waals surface area contributed by atoms with Crippen molar-refractivity contribution in [2.24, 2.45) is 0 Å². The van der Waals surface area contributed by atoms with E-state index in [4.69, 9.17) is 9.97 Å². The first kappa shape index (κ1) is 31.1. The molecule has 1 atom stereocenters. The van der Waals surface area contributed by atoms with Crippen molar-refractivity contribution < 1.29 is 22.0 Å². The summed E-state index contributed by atoms with van der Waals surface area (Å²) in [5.74, 6) is -0.701. The number of nitrogens with one attached hydrogen (secondary N) is 1. The van der Waals surface area contributed by atoms with Crippen LogP contribution in [-0.4, -0.2) is 67.4 Å². The van der Waals surface area contributed by atoms with Gasteiger partial charge in [-0.25, -0.2) is 27.2 Å². The number of rotatable bonds is 8. The van der Waals surface area contributed by atoms with Gasteiger partial charge < -0.3 is 15.1 Å². The molecule has 2 aliphatic heterocycles. The summed E-state index contributed by atoms with van der Waals surface area (Å²) in [6.45, 7) is 2.96. The van der Waals surface area contributed by atoms with Gasteiger partial charge in [0, 0.05) is 48.4 Å². The molecule has 1 aromatic heterocycles. The Labute approximate surface area is 269 Å². The Morgan fingerprint density at radius 2 is 1.47 bits per heavy atom. The highest BCUT2D eigenvalue weighted by Crippen LogP contribution is 2.28. The van der Waals surface area contributed by atoms with Crippen molar-refractivity contribution in [1.29, 1.82) is 0 Å². The average Bonchev–Trinajstić information content (AvgIpc) is 3.56. The lowest BCUT2D eigenvalue weighted by molar-refractivity contribution is -0.124. The van der Waals surface area contributed by atoms with Gasteiger partial charge in [-0.05, 0) is 79.6 Å². The van der Waals surface area contributed by atoms with Crippen LogP contribution in [0.3, 0.4) is 0 Å². The first-order chi connectivity index (χ1) is 21.7. The van der Waals surface area contributed by atoms with E-state index in [0.717, 1.165) is 27.9 Å². The number of halogens is 3. The molecule has 3 aromatic carbocycles. The molecule has 1 N–H and O–H groups in total. The first-order valence-corrected chi connectivity index (χ1v) is 16.9. The quantitative estimate of drug-likeness (QED) is 0.278. The van der Waals surface area contributed by atoms with E-state index in [1.807, 2.05) is 30.3 Å². The molecule has 0 saturated carbocycles. The molecular formula is C32H31BrF2N6O3S. The molecule has 13 heteroatoms. The third-order valence-corrected chi connectivity index (χ3v) is 10.5. The van der Waals surface area contributed by atoms with Crippen LogP contribution in [0.5, 0.6) is 0 Å². The highest BCUT2D eigenvalue weighted by Gasteiger charge is 2.39. The fourth-order valence-corrected chi connectivity index (χ4v) is 7.55. The second kappa shape index (κ2) is 13.2. The second-order valence-electron chi connectivity index (χ2n) is 10.9.